The molecule has 2 rings (SSSR count). The average molecular weight is 278 g/mol. The summed E-state index contributed by atoms with van der Waals surface area (Å²) in [5.74, 6) is 2.30. The maximum absolute atomic E-state index is 4.70. The predicted molar refractivity (Wildman–Crippen MR) is 84.2 cm³/mol. The van der Waals surface area contributed by atoms with E-state index in [1.54, 1.807) is 0 Å². The molecule has 0 amide bonds. The highest BCUT2D eigenvalue weighted by atomic mass is 32.2. The van der Waals surface area contributed by atoms with Gasteiger partial charge in [0.1, 0.15) is 5.65 Å². The van der Waals surface area contributed by atoms with Crippen molar-refractivity contribution < 1.29 is 0 Å². The van der Waals surface area contributed by atoms with Crippen LogP contribution in [0.1, 0.15) is 11.3 Å². The van der Waals surface area contributed by atoms with Crippen molar-refractivity contribution in [2.75, 3.05) is 5.75 Å². The summed E-state index contributed by atoms with van der Waals surface area (Å²) in [6, 6.07) is 5.58. The lowest BCUT2D eigenvalue weighted by Gasteiger charge is -2.14. The van der Waals surface area contributed by atoms with Gasteiger partial charge < -0.3 is 4.40 Å². The average Bonchev–Trinajstić information content (AvgIpc) is 2.68. The highest BCUT2D eigenvalue weighted by Gasteiger charge is 2.12. The van der Waals surface area contributed by atoms with Gasteiger partial charge in [0.2, 0.25) is 0 Å². The standard InChI is InChI=1S/C14H22N2SSi/c1-12-6-5-7-16-10-13(15-14(12)16)11-17-8-9-18(2,3)4/h5-7,10H,8-9,11H2,1-4H3. The SMILES string of the molecule is Cc1cccn2cc(CSCC[Si](C)(C)C)nc12. The van der Waals surface area contributed by atoms with Crippen molar-refractivity contribution in [1.29, 1.82) is 0 Å². The van der Waals surface area contributed by atoms with Gasteiger partial charge in [0, 0.05) is 26.2 Å². The van der Waals surface area contributed by atoms with Gasteiger partial charge in [0.05, 0.1) is 5.69 Å². The molecular formula is C14H22N2SSi. The van der Waals surface area contributed by atoms with E-state index in [1.165, 1.54) is 23.1 Å². The minimum Gasteiger partial charge on any atom is -0.307 e. The Bertz CT molecular complexity index is 528. The second kappa shape index (κ2) is 5.49. The van der Waals surface area contributed by atoms with Crippen molar-refractivity contribution in [2.45, 2.75) is 38.4 Å². The molecule has 0 N–H and O–H groups in total. The zero-order valence-electron chi connectivity index (χ0n) is 11.7. The zero-order valence-corrected chi connectivity index (χ0v) is 13.5. The minimum atomic E-state index is -0.883. The van der Waals surface area contributed by atoms with Crippen molar-refractivity contribution in [2.24, 2.45) is 0 Å². The molecule has 0 saturated carbocycles. The van der Waals surface area contributed by atoms with E-state index in [9.17, 15) is 0 Å². The fourth-order valence-electron chi connectivity index (χ4n) is 1.83. The van der Waals surface area contributed by atoms with Crippen molar-refractivity contribution in [3.8, 4) is 0 Å². The molecule has 0 aliphatic carbocycles. The molecule has 0 atom stereocenters. The topological polar surface area (TPSA) is 17.3 Å². The van der Waals surface area contributed by atoms with Crippen molar-refractivity contribution in [3.05, 3.63) is 35.8 Å². The Morgan fingerprint density at radius 3 is 2.78 bits per heavy atom. The first-order chi connectivity index (χ1) is 8.46. The van der Waals surface area contributed by atoms with Crippen LogP contribution in [0.2, 0.25) is 25.7 Å². The molecule has 0 spiro atoms. The maximum Gasteiger partial charge on any atom is 0.139 e. The normalized spacial score (nSPS) is 12.2. The second-order valence-electron chi connectivity index (χ2n) is 6.02. The number of aromatic nitrogens is 2. The molecule has 2 aromatic heterocycles. The molecule has 0 radical (unpaired) electrons. The Morgan fingerprint density at radius 1 is 1.33 bits per heavy atom. The minimum absolute atomic E-state index is 0.883. The summed E-state index contributed by atoms with van der Waals surface area (Å²) in [5.41, 5.74) is 3.54. The number of thioether (sulfide) groups is 1. The van der Waals surface area contributed by atoms with Crippen LogP contribution in [0.4, 0.5) is 0 Å². The van der Waals surface area contributed by atoms with Gasteiger partial charge in [-0.3, -0.25) is 0 Å². The number of hydrogen-bond donors (Lipinski definition) is 0. The van der Waals surface area contributed by atoms with Gasteiger partial charge in [-0.2, -0.15) is 11.8 Å². The Morgan fingerprint density at radius 2 is 2.11 bits per heavy atom. The molecule has 2 nitrogen and oxygen atoms in total. The Hall–Kier alpha value is -0.743. The third-order valence-electron chi connectivity index (χ3n) is 2.97. The van der Waals surface area contributed by atoms with E-state index in [0.29, 0.717) is 0 Å². The fraction of sp³-hybridized carbons (Fsp3) is 0.500. The van der Waals surface area contributed by atoms with Crippen LogP contribution in [0.25, 0.3) is 5.65 Å². The number of hydrogen-bond acceptors (Lipinski definition) is 2. The van der Waals surface area contributed by atoms with Crippen LogP contribution in [0.3, 0.4) is 0 Å². The van der Waals surface area contributed by atoms with Crippen LogP contribution in [0.15, 0.2) is 24.5 Å². The number of nitrogens with zero attached hydrogens (tertiary/aromatic N) is 2. The van der Waals surface area contributed by atoms with E-state index < -0.39 is 8.07 Å². The van der Waals surface area contributed by atoms with Crippen LogP contribution in [-0.2, 0) is 5.75 Å². The molecule has 0 bridgehead atoms. The largest absolute Gasteiger partial charge is 0.307 e. The number of aryl methyl sites for hydroxylation is 1. The van der Waals surface area contributed by atoms with E-state index >= 15 is 0 Å². The third-order valence-corrected chi connectivity index (χ3v) is 6.08. The first kappa shape index (κ1) is 13.7. The van der Waals surface area contributed by atoms with Gasteiger partial charge >= 0.3 is 0 Å². The summed E-state index contributed by atoms with van der Waals surface area (Å²) in [7, 11) is -0.883. The number of fused-ring (bicyclic) bond motifs is 1. The highest BCUT2D eigenvalue weighted by Crippen LogP contribution is 2.18. The van der Waals surface area contributed by atoms with E-state index in [4.69, 9.17) is 4.98 Å². The van der Waals surface area contributed by atoms with Crippen molar-refractivity contribution >= 4 is 25.5 Å². The van der Waals surface area contributed by atoms with Gasteiger partial charge in [0.25, 0.3) is 0 Å². The molecule has 0 aliphatic heterocycles. The van der Waals surface area contributed by atoms with Crippen LogP contribution < -0.4 is 0 Å². The Labute approximate surface area is 115 Å². The third kappa shape index (κ3) is 3.62. The van der Waals surface area contributed by atoms with Crippen LogP contribution >= 0.6 is 11.8 Å². The van der Waals surface area contributed by atoms with Crippen LogP contribution in [-0.4, -0.2) is 23.2 Å². The van der Waals surface area contributed by atoms with Gasteiger partial charge in [-0.1, -0.05) is 25.7 Å². The molecule has 2 heterocycles. The predicted octanol–water partition coefficient (Wildman–Crippen LogP) is 4.21. The van der Waals surface area contributed by atoms with Gasteiger partial charge in [-0.25, -0.2) is 4.98 Å². The van der Waals surface area contributed by atoms with Crippen molar-refractivity contribution in [1.82, 2.24) is 9.38 Å². The van der Waals surface area contributed by atoms with E-state index in [0.717, 1.165) is 11.4 Å². The Balaban J connectivity index is 1.94. The molecule has 0 fully saturated rings. The molecule has 0 aromatic carbocycles. The first-order valence-electron chi connectivity index (χ1n) is 6.47. The first-order valence-corrected chi connectivity index (χ1v) is 11.3. The summed E-state index contributed by atoms with van der Waals surface area (Å²) in [5, 5.41) is 0. The Kier molecular flexibility index (Phi) is 4.17. The molecule has 98 valence electrons. The van der Waals surface area contributed by atoms with Gasteiger partial charge in [0.15, 0.2) is 0 Å². The molecular weight excluding hydrogens is 256 g/mol. The molecule has 2 aromatic rings. The summed E-state index contributed by atoms with van der Waals surface area (Å²) in [6.07, 6.45) is 4.23. The monoisotopic (exact) mass is 278 g/mol. The quantitative estimate of drug-likeness (QED) is 0.602. The zero-order chi connectivity index (χ0) is 13.2. The molecule has 18 heavy (non-hydrogen) atoms. The number of imidazole rings is 1. The lowest BCUT2D eigenvalue weighted by Crippen LogP contribution is -2.19. The van der Waals surface area contributed by atoms with Crippen LogP contribution in [0, 0.1) is 6.92 Å². The lowest BCUT2D eigenvalue weighted by molar-refractivity contribution is 1.16. The van der Waals surface area contributed by atoms with Gasteiger partial charge in [-0.05, 0) is 30.4 Å². The van der Waals surface area contributed by atoms with Gasteiger partial charge in [-0.15, -0.1) is 0 Å². The molecule has 4 heteroatoms. The number of pyridine rings is 1. The summed E-state index contributed by atoms with van der Waals surface area (Å²) in [6.45, 7) is 9.41. The molecule has 0 saturated heterocycles. The number of rotatable bonds is 5. The smallest absolute Gasteiger partial charge is 0.139 e. The summed E-state index contributed by atoms with van der Waals surface area (Å²) in [4.78, 5) is 4.70. The summed E-state index contributed by atoms with van der Waals surface area (Å²) >= 11 is 2.01. The van der Waals surface area contributed by atoms with E-state index in [-0.39, 0.29) is 0 Å². The van der Waals surface area contributed by atoms with Crippen LogP contribution in [0.5, 0.6) is 0 Å². The fourth-order valence-corrected chi connectivity index (χ4v) is 5.35. The lowest BCUT2D eigenvalue weighted by atomic mass is 10.3. The second-order valence-corrected chi connectivity index (χ2v) is 12.7. The molecule has 0 unspecified atom stereocenters. The molecule has 0 aliphatic rings. The van der Waals surface area contributed by atoms with E-state index in [2.05, 4.69) is 55.5 Å². The summed E-state index contributed by atoms with van der Waals surface area (Å²) < 4.78 is 2.13. The van der Waals surface area contributed by atoms with E-state index in [1.807, 2.05) is 11.8 Å². The highest BCUT2D eigenvalue weighted by molar-refractivity contribution is 7.98. The van der Waals surface area contributed by atoms with Crippen molar-refractivity contribution in [3.63, 3.8) is 0 Å². The maximum atomic E-state index is 4.70.